The second-order valence-corrected chi connectivity index (χ2v) is 4.97. The Bertz CT molecular complexity index is 955. The number of benzene rings is 1. The van der Waals surface area contributed by atoms with E-state index in [1.54, 1.807) is 12.3 Å². The molecule has 0 radical (unpaired) electrons. The Hall–Kier alpha value is -3.15. The van der Waals surface area contributed by atoms with Gasteiger partial charge in [-0.25, -0.2) is 4.98 Å². The molecule has 3 aromatic heterocycles. The van der Waals surface area contributed by atoms with E-state index in [1.165, 1.54) is 4.68 Å². The molecule has 0 aliphatic rings. The maximum atomic E-state index is 10.2. The van der Waals surface area contributed by atoms with E-state index in [1.807, 2.05) is 54.1 Å². The third kappa shape index (κ3) is 1.85. The summed E-state index contributed by atoms with van der Waals surface area (Å²) in [5.74, 6) is 0.583. The van der Waals surface area contributed by atoms with E-state index in [0.29, 0.717) is 17.3 Å². The van der Waals surface area contributed by atoms with Crippen LogP contribution >= 0.6 is 0 Å². The van der Waals surface area contributed by atoms with Crippen LogP contribution in [0.5, 0.6) is 5.88 Å². The smallest absolute Gasteiger partial charge is 0.234 e. The number of rotatable bonds is 2. The second-order valence-electron chi connectivity index (χ2n) is 4.97. The summed E-state index contributed by atoms with van der Waals surface area (Å²) in [6.07, 6.45) is 1.69. The van der Waals surface area contributed by atoms with Crippen molar-refractivity contribution in [2.45, 2.75) is 0 Å². The molecule has 108 valence electrons. The fourth-order valence-electron chi connectivity index (χ4n) is 2.48. The first-order chi connectivity index (χ1) is 10.7. The van der Waals surface area contributed by atoms with Crippen LogP contribution in [0.3, 0.4) is 0 Å². The van der Waals surface area contributed by atoms with E-state index in [9.17, 15) is 5.11 Å². The molecule has 3 heterocycles. The normalized spacial score (nSPS) is 11.1. The van der Waals surface area contributed by atoms with E-state index in [0.717, 1.165) is 11.0 Å². The number of aryl methyl sites for hydroxylation is 1. The molecule has 0 spiro atoms. The van der Waals surface area contributed by atoms with Gasteiger partial charge in [0.15, 0.2) is 0 Å². The lowest BCUT2D eigenvalue weighted by Gasteiger charge is -2.02. The van der Waals surface area contributed by atoms with Gasteiger partial charge in [-0.3, -0.25) is 4.98 Å². The molecule has 1 aromatic carbocycles. The summed E-state index contributed by atoms with van der Waals surface area (Å²) in [5.41, 5.74) is 3.14. The quantitative estimate of drug-likeness (QED) is 0.616. The Labute approximate surface area is 126 Å². The van der Waals surface area contributed by atoms with Crippen LogP contribution in [0.1, 0.15) is 0 Å². The summed E-state index contributed by atoms with van der Waals surface area (Å²) in [4.78, 5) is 8.78. The third-order valence-corrected chi connectivity index (χ3v) is 3.57. The lowest BCUT2D eigenvalue weighted by atomic mass is 10.3. The molecule has 0 aliphatic carbocycles. The van der Waals surface area contributed by atoms with Crippen LogP contribution in [0.25, 0.3) is 28.4 Å². The van der Waals surface area contributed by atoms with Crippen molar-refractivity contribution in [1.82, 2.24) is 24.3 Å². The topological polar surface area (TPSA) is 68.8 Å². The van der Waals surface area contributed by atoms with Gasteiger partial charge in [0, 0.05) is 19.3 Å². The van der Waals surface area contributed by atoms with Crippen molar-refractivity contribution in [3.8, 4) is 23.2 Å². The zero-order valence-corrected chi connectivity index (χ0v) is 11.9. The fourth-order valence-corrected chi connectivity index (χ4v) is 2.48. The highest BCUT2D eigenvalue weighted by Crippen LogP contribution is 2.25. The molecule has 6 heteroatoms. The van der Waals surface area contributed by atoms with Crippen molar-refractivity contribution >= 4 is 11.0 Å². The van der Waals surface area contributed by atoms with Crippen LogP contribution in [0.2, 0.25) is 0 Å². The zero-order valence-electron chi connectivity index (χ0n) is 11.9. The number of aromatic nitrogens is 5. The van der Waals surface area contributed by atoms with Gasteiger partial charge in [-0.2, -0.15) is 9.78 Å². The molecule has 0 bridgehead atoms. The maximum Gasteiger partial charge on any atom is 0.234 e. The Balaban J connectivity index is 1.89. The Morgan fingerprint density at radius 2 is 1.82 bits per heavy atom. The zero-order chi connectivity index (χ0) is 15.1. The van der Waals surface area contributed by atoms with E-state index < -0.39 is 0 Å². The number of hydrogen-bond donors (Lipinski definition) is 1. The first kappa shape index (κ1) is 12.6. The third-order valence-electron chi connectivity index (χ3n) is 3.57. The molecule has 4 rings (SSSR count). The van der Waals surface area contributed by atoms with Gasteiger partial charge in [0.1, 0.15) is 5.69 Å². The fraction of sp³-hybridized carbons (Fsp3) is 0.0625. The van der Waals surface area contributed by atoms with Crippen LogP contribution in [-0.4, -0.2) is 29.4 Å². The summed E-state index contributed by atoms with van der Waals surface area (Å²) in [5, 5.41) is 14.6. The van der Waals surface area contributed by atoms with Crippen molar-refractivity contribution < 1.29 is 5.11 Å². The average molecular weight is 291 g/mol. The molecule has 4 aromatic rings. The lowest BCUT2D eigenvalue weighted by molar-refractivity contribution is 0.428. The van der Waals surface area contributed by atoms with Gasteiger partial charge in [0.2, 0.25) is 11.8 Å². The van der Waals surface area contributed by atoms with Gasteiger partial charge < -0.3 is 9.67 Å². The minimum Gasteiger partial charge on any atom is -0.493 e. The van der Waals surface area contributed by atoms with Crippen molar-refractivity contribution in [3.05, 3.63) is 54.7 Å². The van der Waals surface area contributed by atoms with Crippen molar-refractivity contribution in [1.29, 1.82) is 0 Å². The number of aromatic hydroxyl groups is 1. The SMILES string of the molecule is Cn1c(-n2nc(-c3ccccn3)cc2O)nc2ccccc21. The van der Waals surface area contributed by atoms with Crippen LogP contribution in [0, 0.1) is 0 Å². The second kappa shape index (κ2) is 4.70. The molecule has 0 unspecified atom stereocenters. The van der Waals surface area contributed by atoms with Gasteiger partial charge in [-0.1, -0.05) is 18.2 Å². The molecule has 0 fully saturated rings. The summed E-state index contributed by atoms with van der Waals surface area (Å²) >= 11 is 0. The Morgan fingerprint density at radius 3 is 2.59 bits per heavy atom. The van der Waals surface area contributed by atoms with Gasteiger partial charge in [0.25, 0.3) is 0 Å². The van der Waals surface area contributed by atoms with Crippen molar-refractivity contribution in [2.24, 2.45) is 7.05 Å². The number of nitrogens with zero attached hydrogens (tertiary/aromatic N) is 5. The monoisotopic (exact) mass is 291 g/mol. The van der Waals surface area contributed by atoms with E-state index in [-0.39, 0.29) is 5.88 Å². The standard InChI is InChI=1S/C16H13N5O/c1-20-14-8-3-2-7-12(14)18-16(20)21-15(22)10-13(19-21)11-6-4-5-9-17-11/h2-10,22H,1H3. The van der Waals surface area contributed by atoms with Crippen LogP contribution in [0.4, 0.5) is 0 Å². The van der Waals surface area contributed by atoms with Crippen molar-refractivity contribution in [3.63, 3.8) is 0 Å². The molecular weight excluding hydrogens is 278 g/mol. The first-order valence-corrected chi connectivity index (χ1v) is 6.86. The van der Waals surface area contributed by atoms with Crippen LogP contribution < -0.4 is 0 Å². The van der Waals surface area contributed by atoms with Gasteiger partial charge in [0.05, 0.1) is 16.7 Å². The Morgan fingerprint density at radius 1 is 1.00 bits per heavy atom. The largest absolute Gasteiger partial charge is 0.493 e. The predicted octanol–water partition coefficient (Wildman–Crippen LogP) is 2.53. The Kier molecular flexibility index (Phi) is 2.69. The van der Waals surface area contributed by atoms with Gasteiger partial charge in [-0.05, 0) is 24.3 Å². The minimum absolute atomic E-state index is 0.0269. The molecule has 0 saturated carbocycles. The summed E-state index contributed by atoms with van der Waals surface area (Å²) < 4.78 is 3.31. The molecule has 22 heavy (non-hydrogen) atoms. The van der Waals surface area contributed by atoms with Crippen molar-refractivity contribution in [2.75, 3.05) is 0 Å². The minimum atomic E-state index is 0.0269. The number of imidazole rings is 1. The highest BCUT2D eigenvalue weighted by atomic mass is 16.3. The number of hydrogen-bond acceptors (Lipinski definition) is 4. The number of fused-ring (bicyclic) bond motifs is 1. The first-order valence-electron chi connectivity index (χ1n) is 6.86. The molecule has 0 amide bonds. The maximum absolute atomic E-state index is 10.2. The predicted molar refractivity (Wildman–Crippen MR) is 82.7 cm³/mol. The van der Waals surface area contributed by atoms with E-state index >= 15 is 0 Å². The lowest BCUT2D eigenvalue weighted by Crippen LogP contribution is -2.04. The highest BCUT2D eigenvalue weighted by molar-refractivity contribution is 5.77. The molecule has 0 atom stereocenters. The summed E-state index contributed by atoms with van der Waals surface area (Å²) in [6.45, 7) is 0. The molecular formula is C16H13N5O. The number of pyridine rings is 1. The summed E-state index contributed by atoms with van der Waals surface area (Å²) in [7, 11) is 1.90. The van der Waals surface area contributed by atoms with Crippen LogP contribution in [-0.2, 0) is 7.05 Å². The molecule has 1 N–H and O–H groups in total. The highest BCUT2D eigenvalue weighted by Gasteiger charge is 2.16. The molecule has 6 nitrogen and oxygen atoms in total. The number of para-hydroxylation sites is 2. The summed E-state index contributed by atoms with van der Waals surface area (Å²) in [6, 6.07) is 14.9. The van der Waals surface area contributed by atoms with E-state index in [4.69, 9.17) is 0 Å². The van der Waals surface area contributed by atoms with Gasteiger partial charge >= 0.3 is 0 Å². The average Bonchev–Trinajstić information content (AvgIpc) is 3.09. The molecule has 0 aliphatic heterocycles. The van der Waals surface area contributed by atoms with E-state index in [2.05, 4.69) is 15.1 Å². The molecule has 0 saturated heterocycles. The van der Waals surface area contributed by atoms with Gasteiger partial charge in [-0.15, -0.1) is 0 Å². The van der Waals surface area contributed by atoms with Crippen LogP contribution in [0.15, 0.2) is 54.7 Å².